The third-order valence-electron chi connectivity index (χ3n) is 5.29. The van der Waals surface area contributed by atoms with Crippen LogP contribution in [-0.2, 0) is 21.5 Å². The number of ether oxygens (including phenoxy) is 1. The molecule has 4 heteroatoms. The third kappa shape index (κ3) is 2.83. The molecule has 1 spiro atoms. The van der Waals surface area contributed by atoms with Crippen LogP contribution < -0.4 is 5.32 Å². The number of anilines is 1. The molecule has 128 valence electrons. The Hall–Kier alpha value is -2.59. The Morgan fingerprint density at radius 3 is 2.76 bits per heavy atom. The molecule has 2 aromatic carbocycles. The second-order valence-electron chi connectivity index (χ2n) is 6.78. The number of nitrogens with one attached hydrogen (secondary N) is 1. The molecule has 2 aliphatic heterocycles. The van der Waals surface area contributed by atoms with Gasteiger partial charge in [0.05, 0.1) is 12.5 Å². The SMILES string of the molecule is COC(=O)/C=C1\Nc2ccccc2C12CCN(Cc1ccccc1)C2. The summed E-state index contributed by atoms with van der Waals surface area (Å²) in [4.78, 5) is 14.3. The van der Waals surface area contributed by atoms with Crippen LogP contribution in [0.1, 0.15) is 17.5 Å². The molecule has 0 bridgehead atoms. The highest BCUT2D eigenvalue weighted by molar-refractivity contribution is 5.86. The van der Waals surface area contributed by atoms with E-state index in [0.29, 0.717) is 0 Å². The van der Waals surface area contributed by atoms with E-state index in [2.05, 4.69) is 52.7 Å². The van der Waals surface area contributed by atoms with Crippen molar-refractivity contribution in [2.24, 2.45) is 0 Å². The van der Waals surface area contributed by atoms with Crippen LogP contribution in [0.25, 0.3) is 0 Å². The number of hydrogen-bond acceptors (Lipinski definition) is 4. The Morgan fingerprint density at radius 1 is 1.20 bits per heavy atom. The first-order chi connectivity index (χ1) is 12.2. The maximum atomic E-state index is 11.9. The molecule has 4 nitrogen and oxygen atoms in total. The Balaban J connectivity index is 1.65. The zero-order valence-electron chi connectivity index (χ0n) is 14.4. The van der Waals surface area contributed by atoms with Gasteiger partial charge in [0.25, 0.3) is 0 Å². The number of carbonyl (C=O) groups excluding carboxylic acids is 1. The average molecular weight is 334 g/mol. The molecule has 2 heterocycles. The van der Waals surface area contributed by atoms with Gasteiger partial charge in [-0.25, -0.2) is 4.79 Å². The molecule has 0 aliphatic carbocycles. The molecule has 0 saturated carbocycles. The molecule has 25 heavy (non-hydrogen) atoms. The number of methoxy groups -OCH3 is 1. The number of fused-ring (bicyclic) bond motifs is 2. The average Bonchev–Trinajstić information content (AvgIpc) is 3.19. The molecule has 0 radical (unpaired) electrons. The predicted octanol–water partition coefficient (Wildman–Crippen LogP) is 3.31. The minimum Gasteiger partial charge on any atom is -0.466 e. The van der Waals surface area contributed by atoms with Crippen molar-refractivity contribution < 1.29 is 9.53 Å². The largest absolute Gasteiger partial charge is 0.466 e. The maximum absolute atomic E-state index is 11.9. The Labute approximate surface area is 148 Å². The molecule has 2 aromatic rings. The highest BCUT2D eigenvalue weighted by atomic mass is 16.5. The van der Waals surface area contributed by atoms with Crippen molar-refractivity contribution in [2.75, 3.05) is 25.5 Å². The summed E-state index contributed by atoms with van der Waals surface area (Å²) in [6.45, 7) is 2.83. The van der Waals surface area contributed by atoms with Crippen LogP contribution in [-0.4, -0.2) is 31.1 Å². The first-order valence-electron chi connectivity index (χ1n) is 8.64. The van der Waals surface area contributed by atoms with Crippen LogP contribution in [0.2, 0.25) is 0 Å². The fraction of sp³-hybridized carbons (Fsp3) is 0.286. The van der Waals surface area contributed by atoms with E-state index in [0.717, 1.165) is 37.4 Å². The third-order valence-corrected chi connectivity index (χ3v) is 5.29. The fourth-order valence-corrected chi connectivity index (χ4v) is 4.08. The van der Waals surface area contributed by atoms with Gasteiger partial charge in [0, 0.05) is 30.5 Å². The van der Waals surface area contributed by atoms with Crippen LogP contribution in [0.5, 0.6) is 0 Å². The lowest BCUT2D eigenvalue weighted by atomic mass is 9.79. The van der Waals surface area contributed by atoms with E-state index >= 15 is 0 Å². The lowest BCUT2D eigenvalue weighted by Gasteiger charge is -2.26. The quantitative estimate of drug-likeness (QED) is 0.691. The summed E-state index contributed by atoms with van der Waals surface area (Å²) in [7, 11) is 1.42. The summed E-state index contributed by atoms with van der Waals surface area (Å²) in [5.74, 6) is -0.309. The van der Waals surface area contributed by atoms with E-state index in [1.54, 1.807) is 6.08 Å². The molecule has 1 saturated heterocycles. The maximum Gasteiger partial charge on any atom is 0.332 e. The van der Waals surface area contributed by atoms with E-state index in [-0.39, 0.29) is 11.4 Å². The summed E-state index contributed by atoms with van der Waals surface area (Å²) < 4.78 is 4.87. The molecule has 0 amide bonds. The summed E-state index contributed by atoms with van der Waals surface area (Å²) >= 11 is 0. The van der Waals surface area contributed by atoms with Crippen molar-refractivity contribution in [1.29, 1.82) is 0 Å². The van der Waals surface area contributed by atoms with Crippen molar-refractivity contribution >= 4 is 11.7 Å². The standard InChI is InChI=1S/C21H22N2O2/c1-25-20(24)13-19-21(17-9-5-6-10-18(17)22-19)11-12-23(15-21)14-16-7-3-2-4-8-16/h2-10,13,22H,11-12,14-15H2,1H3/b19-13-. The second-order valence-corrected chi connectivity index (χ2v) is 6.78. The number of benzene rings is 2. The van der Waals surface area contributed by atoms with Gasteiger partial charge >= 0.3 is 5.97 Å². The first-order valence-corrected chi connectivity index (χ1v) is 8.64. The van der Waals surface area contributed by atoms with Crippen molar-refractivity contribution in [1.82, 2.24) is 4.90 Å². The van der Waals surface area contributed by atoms with Crippen molar-refractivity contribution in [3.8, 4) is 0 Å². The molecular formula is C21H22N2O2. The minimum absolute atomic E-state index is 0.153. The van der Waals surface area contributed by atoms with Gasteiger partial charge in [-0.3, -0.25) is 4.90 Å². The van der Waals surface area contributed by atoms with E-state index in [4.69, 9.17) is 4.74 Å². The number of carbonyl (C=O) groups is 1. The van der Waals surface area contributed by atoms with Crippen LogP contribution >= 0.6 is 0 Å². The number of para-hydroxylation sites is 1. The van der Waals surface area contributed by atoms with Gasteiger partial charge in [-0.2, -0.15) is 0 Å². The van der Waals surface area contributed by atoms with Gasteiger partial charge in [0.1, 0.15) is 0 Å². The number of likely N-dealkylation sites (tertiary alicyclic amines) is 1. The zero-order valence-corrected chi connectivity index (χ0v) is 14.4. The van der Waals surface area contributed by atoms with Gasteiger partial charge in [0.15, 0.2) is 0 Å². The van der Waals surface area contributed by atoms with Crippen molar-refractivity contribution in [2.45, 2.75) is 18.4 Å². The summed E-state index contributed by atoms with van der Waals surface area (Å²) in [6.07, 6.45) is 2.61. The van der Waals surface area contributed by atoms with E-state index < -0.39 is 0 Å². The predicted molar refractivity (Wildman–Crippen MR) is 98.2 cm³/mol. The molecule has 1 unspecified atom stereocenters. The Kier molecular flexibility index (Phi) is 4.06. The molecule has 1 fully saturated rings. The first kappa shape index (κ1) is 15.9. The van der Waals surface area contributed by atoms with E-state index in [9.17, 15) is 4.79 Å². The number of nitrogens with zero attached hydrogens (tertiary/aromatic N) is 1. The van der Waals surface area contributed by atoms with Crippen LogP contribution in [0.15, 0.2) is 66.4 Å². The number of esters is 1. The van der Waals surface area contributed by atoms with Gasteiger partial charge in [-0.1, -0.05) is 48.5 Å². The molecule has 4 rings (SSSR count). The van der Waals surface area contributed by atoms with Crippen LogP contribution in [0.4, 0.5) is 5.69 Å². The monoisotopic (exact) mass is 334 g/mol. The summed E-state index contributed by atoms with van der Waals surface area (Å²) in [5.41, 5.74) is 4.49. The lowest BCUT2D eigenvalue weighted by Crippen LogP contribution is -2.31. The van der Waals surface area contributed by atoms with E-state index in [1.807, 2.05) is 12.1 Å². The van der Waals surface area contributed by atoms with Crippen LogP contribution in [0, 0.1) is 0 Å². The number of rotatable bonds is 3. The van der Waals surface area contributed by atoms with Crippen molar-refractivity contribution in [3.05, 3.63) is 77.5 Å². The van der Waals surface area contributed by atoms with Crippen molar-refractivity contribution in [3.63, 3.8) is 0 Å². The lowest BCUT2D eigenvalue weighted by molar-refractivity contribution is -0.134. The zero-order chi connectivity index (χ0) is 17.3. The van der Waals surface area contributed by atoms with E-state index in [1.165, 1.54) is 18.2 Å². The highest BCUT2D eigenvalue weighted by Crippen LogP contribution is 2.49. The van der Waals surface area contributed by atoms with Gasteiger partial charge in [0.2, 0.25) is 0 Å². The fourth-order valence-electron chi connectivity index (χ4n) is 4.08. The second kappa shape index (κ2) is 6.37. The minimum atomic E-state index is -0.309. The molecule has 2 aliphatic rings. The topological polar surface area (TPSA) is 41.6 Å². The smallest absolute Gasteiger partial charge is 0.332 e. The number of hydrogen-bond donors (Lipinski definition) is 1. The molecular weight excluding hydrogens is 312 g/mol. The van der Waals surface area contributed by atoms with Gasteiger partial charge < -0.3 is 10.1 Å². The molecule has 1 N–H and O–H groups in total. The van der Waals surface area contributed by atoms with Gasteiger partial charge in [-0.05, 0) is 30.2 Å². The summed E-state index contributed by atoms with van der Waals surface area (Å²) in [5, 5.41) is 3.45. The summed E-state index contributed by atoms with van der Waals surface area (Å²) in [6, 6.07) is 18.9. The van der Waals surface area contributed by atoms with Gasteiger partial charge in [-0.15, -0.1) is 0 Å². The molecule has 0 aromatic heterocycles. The Morgan fingerprint density at radius 2 is 1.96 bits per heavy atom. The highest BCUT2D eigenvalue weighted by Gasteiger charge is 2.48. The van der Waals surface area contributed by atoms with Crippen LogP contribution in [0.3, 0.4) is 0 Å². The molecule has 1 atom stereocenters. The normalized spacial score (nSPS) is 23.6. The Bertz CT molecular complexity index is 816.